The summed E-state index contributed by atoms with van der Waals surface area (Å²) in [4.78, 5) is 8.38. The molecule has 136 valence electrons. The van der Waals surface area contributed by atoms with Gasteiger partial charge in [0, 0.05) is 32.8 Å². The number of fused-ring (bicyclic) bond motifs is 6. The maximum atomic E-state index is 5.91. The quantitative estimate of drug-likeness (QED) is 0.671. The van der Waals surface area contributed by atoms with Gasteiger partial charge in [0.2, 0.25) is 0 Å². The minimum atomic E-state index is 0.664. The predicted molar refractivity (Wildman–Crippen MR) is 89.5 cm³/mol. The Morgan fingerprint density at radius 3 is 1.91 bits per heavy atom. The van der Waals surface area contributed by atoms with Crippen LogP contribution in [0.25, 0.3) is 0 Å². The summed E-state index contributed by atoms with van der Waals surface area (Å²) in [6, 6.07) is 0. The fraction of sp³-hybridized carbons (Fsp3) is 1.00. The van der Waals surface area contributed by atoms with Crippen molar-refractivity contribution in [2.45, 2.75) is 32.1 Å². The number of rotatable bonds is 0. The van der Waals surface area contributed by atoms with Crippen molar-refractivity contribution in [3.8, 4) is 0 Å². The van der Waals surface area contributed by atoms with Crippen molar-refractivity contribution in [2.75, 3.05) is 79.0 Å². The van der Waals surface area contributed by atoms with Gasteiger partial charge in [-0.15, -0.1) is 0 Å². The highest BCUT2D eigenvalue weighted by molar-refractivity contribution is 4.60. The average molecular weight is 330 g/mol. The maximum Gasteiger partial charge on any atom is 0.0701 e. The Kier molecular flexibility index (Phi) is 10.9. The molecule has 2 bridgehead atoms. The van der Waals surface area contributed by atoms with Crippen LogP contribution in [-0.4, -0.2) is 88.9 Å². The first-order chi connectivity index (χ1) is 11.4. The zero-order chi connectivity index (χ0) is 16.0. The third-order valence-electron chi connectivity index (χ3n) is 4.30. The number of ether oxygens (including phenoxy) is 3. The van der Waals surface area contributed by atoms with Crippen LogP contribution in [0.15, 0.2) is 0 Å². The van der Waals surface area contributed by atoms with E-state index in [2.05, 4.69) is 9.96 Å². The third kappa shape index (κ3) is 9.59. The van der Waals surface area contributed by atoms with Crippen molar-refractivity contribution in [2.24, 2.45) is 0 Å². The molecule has 2 unspecified atom stereocenters. The van der Waals surface area contributed by atoms with Crippen molar-refractivity contribution >= 4 is 0 Å². The normalized spacial score (nSPS) is 31.3. The number of hydroxylamine groups is 2. The molecule has 6 nitrogen and oxygen atoms in total. The molecule has 23 heavy (non-hydrogen) atoms. The fourth-order valence-electron chi connectivity index (χ4n) is 2.85. The van der Waals surface area contributed by atoms with Gasteiger partial charge < -0.3 is 14.2 Å². The monoisotopic (exact) mass is 330 g/mol. The van der Waals surface area contributed by atoms with Gasteiger partial charge >= 0.3 is 0 Å². The van der Waals surface area contributed by atoms with E-state index in [1.54, 1.807) is 0 Å². The van der Waals surface area contributed by atoms with Crippen LogP contribution < -0.4 is 0 Å². The van der Waals surface area contributed by atoms with E-state index in [9.17, 15) is 0 Å². The Morgan fingerprint density at radius 1 is 0.435 bits per heavy atom. The van der Waals surface area contributed by atoms with Gasteiger partial charge in [0.15, 0.2) is 0 Å². The first-order valence-electron chi connectivity index (χ1n) is 9.28. The van der Waals surface area contributed by atoms with E-state index < -0.39 is 0 Å². The van der Waals surface area contributed by atoms with Gasteiger partial charge in [-0.05, 0) is 32.2 Å². The SMILES string of the molecule is C1CCN2CCOCCCCON(CC1)CCOCCOCC2. The van der Waals surface area contributed by atoms with E-state index in [4.69, 9.17) is 19.0 Å². The number of nitrogens with zero attached hydrogens (tertiary/aromatic N) is 2. The summed E-state index contributed by atoms with van der Waals surface area (Å²) in [6.07, 6.45) is 5.76. The smallest absolute Gasteiger partial charge is 0.0701 e. The van der Waals surface area contributed by atoms with E-state index in [-0.39, 0.29) is 0 Å². The van der Waals surface area contributed by atoms with Gasteiger partial charge in [0.25, 0.3) is 0 Å². The molecule has 0 aromatic heterocycles. The molecule has 0 aliphatic carbocycles. The number of hydrogen-bond donors (Lipinski definition) is 0. The molecule has 2 saturated heterocycles. The topological polar surface area (TPSA) is 43.4 Å². The Hall–Kier alpha value is -0.240. The molecule has 6 heteroatoms. The van der Waals surface area contributed by atoms with Crippen LogP contribution in [0.5, 0.6) is 0 Å². The van der Waals surface area contributed by atoms with E-state index >= 15 is 0 Å². The standard InChI is InChI=1S/C17H34N2O4/c1-2-6-18-8-13-20-11-4-5-12-23-19(7-3-1)10-15-22-17-16-21-14-9-18/h1-17H2. The maximum absolute atomic E-state index is 5.91. The van der Waals surface area contributed by atoms with E-state index in [1.165, 1.54) is 19.3 Å². The van der Waals surface area contributed by atoms with Gasteiger partial charge in [0.1, 0.15) is 0 Å². The Bertz CT molecular complexity index is 235. The van der Waals surface area contributed by atoms with Crippen LogP contribution in [0.2, 0.25) is 0 Å². The van der Waals surface area contributed by atoms with Gasteiger partial charge in [-0.2, -0.15) is 5.06 Å². The highest BCUT2D eigenvalue weighted by atomic mass is 16.7. The Morgan fingerprint density at radius 2 is 1.09 bits per heavy atom. The molecule has 2 aliphatic rings. The largest absolute Gasteiger partial charge is 0.380 e. The van der Waals surface area contributed by atoms with E-state index in [0.717, 1.165) is 72.0 Å². The summed E-state index contributed by atoms with van der Waals surface area (Å²) in [7, 11) is 0. The van der Waals surface area contributed by atoms with Gasteiger partial charge in [-0.1, -0.05) is 6.42 Å². The lowest BCUT2D eigenvalue weighted by molar-refractivity contribution is -0.169. The van der Waals surface area contributed by atoms with Crippen LogP contribution in [0, 0.1) is 0 Å². The van der Waals surface area contributed by atoms with E-state index in [1.807, 2.05) is 0 Å². The molecule has 2 rings (SSSR count). The average Bonchev–Trinajstić information content (AvgIpc) is 2.57. The minimum Gasteiger partial charge on any atom is -0.380 e. The molecule has 2 aliphatic heterocycles. The highest BCUT2D eigenvalue weighted by Gasteiger charge is 2.09. The minimum absolute atomic E-state index is 0.664. The summed E-state index contributed by atoms with van der Waals surface area (Å²) in [6.45, 7) is 10.2. The first kappa shape index (κ1) is 19.1. The van der Waals surface area contributed by atoms with Crippen molar-refractivity contribution in [3.05, 3.63) is 0 Å². The number of hydrogen-bond acceptors (Lipinski definition) is 6. The van der Waals surface area contributed by atoms with Crippen molar-refractivity contribution in [1.29, 1.82) is 0 Å². The molecule has 0 aromatic rings. The first-order valence-corrected chi connectivity index (χ1v) is 9.28. The lowest BCUT2D eigenvalue weighted by atomic mass is 10.2. The van der Waals surface area contributed by atoms with Crippen LogP contribution in [0.3, 0.4) is 0 Å². The molecule has 0 N–H and O–H groups in total. The second-order valence-electron chi connectivity index (χ2n) is 6.21. The van der Waals surface area contributed by atoms with Crippen molar-refractivity contribution in [3.63, 3.8) is 0 Å². The molecule has 2 heterocycles. The summed E-state index contributed by atoms with van der Waals surface area (Å²) >= 11 is 0. The lowest BCUT2D eigenvalue weighted by Crippen LogP contribution is -2.32. The molecule has 0 aromatic carbocycles. The molecule has 0 spiro atoms. The fourth-order valence-corrected chi connectivity index (χ4v) is 2.85. The van der Waals surface area contributed by atoms with Crippen LogP contribution in [0.1, 0.15) is 32.1 Å². The van der Waals surface area contributed by atoms with Gasteiger partial charge in [-0.3, -0.25) is 9.74 Å². The highest BCUT2D eigenvalue weighted by Crippen LogP contribution is 2.05. The van der Waals surface area contributed by atoms with E-state index in [0.29, 0.717) is 19.8 Å². The molecule has 2 fully saturated rings. The van der Waals surface area contributed by atoms with Gasteiger partial charge in [-0.25, -0.2) is 0 Å². The predicted octanol–water partition coefficient (Wildman–Crippen LogP) is 1.55. The zero-order valence-corrected chi connectivity index (χ0v) is 14.5. The lowest BCUT2D eigenvalue weighted by Gasteiger charge is -2.22. The second-order valence-corrected chi connectivity index (χ2v) is 6.21. The second kappa shape index (κ2) is 13.1. The zero-order valence-electron chi connectivity index (χ0n) is 14.5. The van der Waals surface area contributed by atoms with Crippen molar-refractivity contribution < 1.29 is 19.0 Å². The van der Waals surface area contributed by atoms with Gasteiger partial charge in [0.05, 0.1) is 39.6 Å². The third-order valence-corrected chi connectivity index (χ3v) is 4.30. The molecule has 2 atom stereocenters. The summed E-state index contributed by atoms with van der Waals surface area (Å²) < 4.78 is 17.1. The Balaban J connectivity index is 1.87. The molecule has 0 amide bonds. The van der Waals surface area contributed by atoms with Crippen LogP contribution >= 0.6 is 0 Å². The molecular weight excluding hydrogens is 296 g/mol. The Labute approximate surface area is 140 Å². The van der Waals surface area contributed by atoms with Crippen LogP contribution in [-0.2, 0) is 19.0 Å². The molecule has 0 saturated carbocycles. The molecular formula is C17H34N2O4. The summed E-state index contributed by atoms with van der Waals surface area (Å²) in [5.41, 5.74) is 0. The summed E-state index contributed by atoms with van der Waals surface area (Å²) in [5, 5.41) is 2.08. The van der Waals surface area contributed by atoms with Crippen LogP contribution in [0.4, 0.5) is 0 Å². The molecule has 0 radical (unpaired) electrons. The van der Waals surface area contributed by atoms with Crippen molar-refractivity contribution in [1.82, 2.24) is 9.96 Å². The summed E-state index contributed by atoms with van der Waals surface area (Å²) in [5.74, 6) is 0.